The molecule has 0 aliphatic heterocycles. The molecule has 0 aromatic heterocycles. The van der Waals surface area contributed by atoms with Crippen LogP contribution in [0.4, 0.5) is 0 Å². The third-order valence-corrected chi connectivity index (χ3v) is 7.58. The molecule has 2 aliphatic carbocycles. The van der Waals surface area contributed by atoms with Crippen molar-refractivity contribution in [3.05, 3.63) is 0 Å². The molecule has 172 valence electrons. The first-order valence-electron chi connectivity index (χ1n) is 12.2. The normalized spacial score (nSPS) is 19.5. The number of ketones is 1. The van der Waals surface area contributed by atoms with Crippen molar-refractivity contribution in [1.29, 1.82) is 0 Å². The molecular weight excluding hydrogens is 380 g/mol. The Hall–Kier alpha value is -1.39. The summed E-state index contributed by atoms with van der Waals surface area (Å²) >= 11 is 0. The summed E-state index contributed by atoms with van der Waals surface area (Å²) in [6, 6.07) is 0. The predicted molar refractivity (Wildman–Crippen MR) is 117 cm³/mol. The lowest BCUT2D eigenvalue weighted by Gasteiger charge is -2.25. The molecule has 0 heterocycles. The average Bonchev–Trinajstić information content (AvgIpc) is 3.43. The van der Waals surface area contributed by atoms with Gasteiger partial charge in [-0.15, -0.1) is 0 Å². The zero-order valence-electron chi connectivity index (χ0n) is 19.3. The molecule has 0 spiro atoms. The summed E-state index contributed by atoms with van der Waals surface area (Å²) < 4.78 is 10.1. The van der Waals surface area contributed by atoms with Gasteiger partial charge in [0.15, 0.2) is 0 Å². The number of carbonyl (C=O) groups is 3. The Morgan fingerprint density at radius 2 is 0.967 bits per heavy atom. The molecule has 0 atom stereocenters. The van der Waals surface area contributed by atoms with Gasteiger partial charge in [0.25, 0.3) is 0 Å². The van der Waals surface area contributed by atoms with Crippen LogP contribution in [0.25, 0.3) is 0 Å². The number of carbonyl (C=O) groups excluding carboxylic acids is 3. The van der Waals surface area contributed by atoms with E-state index in [0.29, 0.717) is 18.6 Å². The van der Waals surface area contributed by atoms with Crippen molar-refractivity contribution in [2.45, 2.75) is 116 Å². The number of esters is 2. The summed E-state index contributed by atoms with van der Waals surface area (Å²) in [5, 5.41) is 0. The largest absolute Gasteiger partial charge is 0.469 e. The first-order chi connectivity index (χ1) is 14.5. The summed E-state index contributed by atoms with van der Waals surface area (Å²) in [5.41, 5.74) is -0.501. The minimum atomic E-state index is -0.250. The van der Waals surface area contributed by atoms with Gasteiger partial charge in [-0.3, -0.25) is 14.4 Å². The lowest BCUT2D eigenvalue weighted by atomic mass is 9.80. The Morgan fingerprint density at radius 3 is 1.30 bits per heavy atom. The minimum Gasteiger partial charge on any atom is -0.469 e. The van der Waals surface area contributed by atoms with Gasteiger partial charge in [0.05, 0.1) is 25.0 Å². The second kappa shape index (κ2) is 12.5. The lowest BCUT2D eigenvalue weighted by molar-refractivity contribution is -0.153. The molecular formula is C25H42O5. The minimum absolute atomic E-state index is 0.0392. The van der Waals surface area contributed by atoms with E-state index in [9.17, 15) is 14.4 Å². The van der Waals surface area contributed by atoms with Crippen molar-refractivity contribution in [3.8, 4) is 0 Å². The molecule has 0 unspecified atom stereocenters. The summed E-state index contributed by atoms with van der Waals surface area (Å²) in [4.78, 5) is 36.4. The fraction of sp³-hybridized carbons (Fsp3) is 0.880. The molecule has 0 saturated heterocycles. The van der Waals surface area contributed by atoms with Gasteiger partial charge in [-0.25, -0.2) is 0 Å². The molecule has 5 nitrogen and oxygen atoms in total. The van der Waals surface area contributed by atoms with Crippen molar-refractivity contribution < 1.29 is 23.9 Å². The molecule has 2 fully saturated rings. The van der Waals surface area contributed by atoms with Crippen LogP contribution in [-0.2, 0) is 23.9 Å². The van der Waals surface area contributed by atoms with Crippen molar-refractivity contribution >= 4 is 17.7 Å². The van der Waals surface area contributed by atoms with Crippen LogP contribution in [0.5, 0.6) is 0 Å². The molecule has 0 aromatic carbocycles. The van der Waals surface area contributed by atoms with Gasteiger partial charge in [-0.2, -0.15) is 0 Å². The fourth-order valence-corrected chi connectivity index (χ4v) is 5.70. The maximum Gasteiger partial charge on any atom is 0.311 e. The van der Waals surface area contributed by atoms with Crippen LogP contribution < -0.4 is 0 Å². The zero-order chi connectivity index (χ0) is 21.9. The van der Waals surface area contributed by atoms with Crippen molar-refractivity contribution in [3.63, 3.8) is 0 Å². The molecule has 0 amide bonds. The number of methoxy groups -OCH3 is 2. The van der Waals surface area contributed by atoms with Crippen LogP contribution >= 0.6 is 0 Å². The molecule has 0 aromatic rings. The molecule has 0 bridgehead atoms. The second-order valence-corrected chi connectivity index (χ2v) is 9.62. The Labute approximate surface area is 182 Å². The molecule has 2 rings (SSSR count). The molecule has 30 heavy (non-hydrogen) atoms. The third kappa shape index (κ3) is 6.81. The SMILES string of the molecule is COC(=O)C1(CCCCCC(=O)CCCCCC2(C(=O)OC)CCCC2)CCCC1. The molecule has 0 N–H and O–H groups in total. The van der Waals surface area contributed by atoms with Crippen LogP contribution in [0.1, 0.15) is 116 Å². The van der Waals surface area contributed by atoms with E-state index in [2.05, 4.69) is 0 Å². The highest BCUT2D eigenvalue weighted by atomic mass is 16.5. The highest BCUT2D eigenvalue weighted by Crippen LogP contribution is 2.44. The van der Waals surface area contributed by atoms with Crippen LogP contribution in [0.3, 0.4) is 0 Å². The summed E-state index contributed by atoms with van der Waals surface area (Å²) in [6.07, 6.45) is 17.2. The maximum atomic E-state index is 12.2. The van der Waals surface area contributed by atoms with Gasteiger partial charge < -0.3 is 9.47 Å². The van der Waals surface area contributed by atoms with Gasteiger partial charge in [-0.1, -0.05) is 51.4 Å². The van der Waals surface area contributed by atoms with Gasteiger partial charge >= 0.3 is 11.9 Å². The highest BCUT2D eigenvalue weighted by Gasteiger charge is 2.42. The predicted octanol–water partition coefficient (Wildman–Crippen LogP) is 5.92. The summed E-state index contributed by atoms with van der Waals surface area (Å²) in [7, 11) is 2.98. The first-order valence-corrected chi connectivity index (χ1v) is 12.2. The molecule has 2 aliphatic rings. The Kier molecular flexibility index (Phi) is 10.3. The quantitative estimate of drug-likeness (QED) is 0.256. The number of hydrogen-bond acceptors (Lipinski definition) is 5. The van der Waals surface area contributed by atoms with E-state index in [1.165, 1.54) is 14.2 Å². The van der Waals surface area contributed by atoms with Crippen molar-refractivity contribution in [1.82, 2.24) is 0 Å². The zero-order valence-corrected chi connectivity index (χ0v) is 19.3. The monoisotopic (exact) mass is 422 g/mol. The molecule has 0 radical (unpaired) electrons. The van der Waals surface area contributed by atoms with Gasteiger partial charge in [0.1, 0.15) is 5.78 Å². The van der Waals surface area contributed by atoms with Crippen LogP contribution in [0.2, 0.25) is 0 Å². The Morgan fingerprint density at radius 1 is 0.600 bits per heavy atom. The smallest absolute Gasteiger partial charge is 0.311 e. The highest BCUT2D eigenvalue weighted by molar-refractivity contribution is 5.78. The van der Waals surface area contributed by atoms with E-state index in [0.717, 1.165) is 103 Å². The molecule has 5 heteroatoms. The van der Waals surface area contributed by atoms with Crippen molar-refractivity contribution in [2.24, 2.45) is 10.8 Å². The first kappa shape index (κ1) is 24.9. The maximum absolute atomic E-state index is 12.2. The number of unbranched alkanes of at least 4 members (excludes halogenated alkanes) is 4. The third-order valence-electron chi connectivity index (χ3n) is 7.58. The van der Waals surface area contributed by atoms with Crippen LogP contribution in [0.15, 0.2) is 0 Å². The van der Waals surface area contributed by atoms with E-state index < -0.39 is 0 Å². The van der Waals surface area contributed by atoms with Crippen molar-refractivity contribution in [2.75, 3.05) is 14.2 Å². The van der Waals surface area contributed by atoms with E-state index in [4.69, 9.17) is 9.47 Å². The summed E-state index contributed by atoms with van der Waals surface area (Å²) in [6.45, 7) is 0. The average molecular weight is 423 g/mol. The van der Waals surface area contributed by atoms with Gasteiger partial charge in [0.2, 0.25) is 0 Å². The van der Waals surface area contributed by atoms with E-state index in [-0.39, 0.29) is 22.8 Å². The number of Topliss-reactive ketones (excluding diaryl/α,β-unsaturated/α-hetero) is 1. The van der Waals surface area contributed by atoms with Gasteiger partial charge in [-0.05, 0) is 51.4 Å². The van der Waals surface area contributed by atoms with Crippen LogP contribution in [0, 0.1) is 10.8 Å². The van der Waals surface area contributed by atoms with Crippen LogP contribution in [-0.4, -0.2) is 31.9 Å². The lowest BCUT2D eigenvalue weighted by Crippen LogP contribution is -2.29. The Balaban J connectivity index is 1.53. The number of ether oxygens (including phenoxy) is 2. The van der Waals surface area contributed by atoms with E-state index >= 15 is 0 Å². The number of hydrogen-bond donors (Lipinski definition) is 0. The fourth-order valence-electron chi connectivity index (χ4n) is 5.70. The Bertz CT molecular complexity index is 508. The van der Waals surface area contributed by atoms with E-state index in [1.807, 2.05) is 0 Å². The standard InChI is InChI=1S/C25H42O5/c1-29-22(27)24(17-9-10-18-24)15-7-3-5-13-21(26)14-6-4-8-16-25(23(28)30-2)19-11-12-20-25/h3-20H2,1-2H3. The number of rotatable bonds is 14. The summed E-state index contributed by atoms with van der Waals surface area (Å²) in [5.74, 6) is 0.271. The topological polar surface area (TPSA) is 69.7 Å². The van der Waals surface area contributed by atoms with E-state index in [1.54, 1.807) is 0 Å². The van der Waals surface area contributed by atoms with Gasteiger partial charge in [0, 0.05) is 12.8 Å². The second-order valence-electron chi connectivity index (χ2n) is 9.62. The molecule has 2 saturated carbocycles.